The molecule has 1 N–H and O–H groups in total. The predicted octanol–water partition coefficient (Wildman–Crippen LogP) is 5.02. The smallest absolute Gasteiger partial charge is 0.260 e. The first-order chi connectivity index (χ1) is 13.3. The van der Waals surface area contributed by atoms with Crippen LogP contribution >= 0.6 is 0 Å². The van der Waals surface area contributed by atoms with Crippen molar-refractivity contribution in [2.45, 2.75) is 6.54 Å². The molecule has 4 aromatic rings. The first-order valence-corrected chi connectivity index (χ1v) is 8.82. The van der Waals surface area contributed by atoms with E-state index in [4.69, 9.17) is 4.74 Å². The standard InChI is InChI=1S/C23H20N2O2/c1-27-19-12-13-22-20(14-19)21(15-24-22)23(26)25(18-10-6-3-7-11-18)16-17-8-4-2-5-9-17/h2-15,24H,16H2,1H3. The van der Waals surface area contributed by atoms with Gasteiger partial charge in [0, 0.05) is 22.8 Å². The number of carbonyl (C=O) groups excluding carboxylic acids is 1. The fourth-order valence-corrected chi connectivity index (χ4v) is 3.20. The molecular weight excluding hydrogens is 336 g/mol. The van der Waals surface area contributed by atoms with Gasteiger partial charge >= 0.3 is 0 Å². The van der Waals surface area contributed by atoms with E-state index in [0.717, 1.165) is 27.9 Å². The molecule has 0 bridgehead atoms. The van der Waals surface area contributed by atoms with Crippen molar-refractivity contribution in [3.63, 3.8) is 0 Å². The molecule has 1 heterocycles. The van der Waals surface area contributed by atoms with E-state index in [1.54, 1.807) is 18.2 Å². The lowest BCUT2D eigenvalue weighted by Gasteiger charge is -2.23. The van der Waals surface area contributed by atoms with Crippen LogP contribution in [0.4, 0.5) is 5.69 Å². The molecule has 0 radical (unpaired) electrons. The number of fused-ring (bicyclic) bond motifs is 1. The molecule has 4 heteroatoms. The number of anilines is 1. The molecule has 4 nitrogen and oxygen atoms in total. The van der Waals surface area contributed by atoms with Crippen molar-refractivity contribution in [2.75, 3.05) is 12.0 Å². The molecule has 134 valence electrons. The summed E-state index contributed by atoms with van der Waals surface area (Å²) in [7, 11) is 1.63. The summed E-state index contributed by atoms with van der Waals surface area (Å²) in [5.74, 6) is 0.676. The zero-order valence-electron chi connectivity index (χ0n) is 15.1. The average Bonchev–Trinajstić information content (AvgIpc) is 3.16. The quantitative estimate of drug-likeness (QED) is 0.545. The molecule has 0 spiro atoms. The third-order valence-corrected chi connectivity index (χ3v) is 4.62. The number of rotatable bonds is 5. The van der Waals surface area contributed by atoms with Crippen LogP contribution in [-0.2, 0) is 6.54 Å². The molecule has 0 aliphatic heterocycles. The Morgan fingerprint density at radius 3 is 2.37 bits per heavy atom. The van der Waals surface area contributed by atoms with E-state index in [9.17, 15) is 4.79 Å². The summed E-state index contributed by atoms with van der Waals surface area (Å²) in [6.45, 7) is 0.500. The number of nitrogens with zero attached hydrogens (tertiary/aromatic N) is 1. The SMILES string of the molecule is COc1ccc2[nH]cc(C(=O)N(Cc3ccccc3)c3ccccc3)c2c1. The predicted molar refractivity (Wildman–Crippen MR) is 108 cm³/mol. The van der Waals surface area contributed by atoms with E-state index in [1.807, 2.05) is 78.9 Å². The van der Waals surface area contributed by atoms with Crippen molar-refractivity contribution < 1.29 is 9.53 Å². The van der Waals surface area contributed by atoms with Gasteiger partial charge in [0.05, 0.1) is 19.2 Å². The van der Waals surface area contributed by atoms with Crippen molar-refractivity contribution in [3.8, 4) is 5.75 Å². The van der Waals surface area contributed by atoms with Crippen molar-refractivity contribution in [1.29, 1.82) is 0 Å². The number of ether oxygens (including phenoxy) is 1. The molecule has 4 rings (SSSR count). The summed E-state index contributed by atoms with van der Waals surface area (Å²) >= 11 is 0. The van der Waals surface area contributed by atoms with Crippen LogP contribution in [0.5, 0.6) is 5.75 Å². The molecule has 3 aromatic carbocycles. The summed E-state index contributed by atoms with van der Waals surface area (Å²) in [6.07, 6.45) is 1.77. The topological polar surface area (TPSA) is 45.3 Å². The number of aromatic amines is 1. The van der Waals surface area contributed by atoms with Crippen LogP contribution < -0.4 is 9.64 Å². The molecule has 1 amide bonds. The number of aromatic nitrogens is 1. The van der Waals surface area contributed by atoms with Gasteiger partial charge in [0.2, 0.25) is 0 Å². The van der Waals surface area contributed by atoms with E-state index in [-0.39, 0.29) is 5.91 Å². The Bertz CT molecular complexity index is 1060. The maximum Gasteiger partial charge on any atom is 0.260 e. The highest BCUT2D eigenvalue weighted by atomic mass is 16.5. The second-order valence-corrected chi connectivity index (χ2v) is 6.33. The van der Waals surface area contributed by atoms with Gasteiger partial charge in [0.1, 0.15) is 5.75 Å². The fourth-order valence-electron chi connectivity index (χ4n) is 3.20. The Hall–Kier alpha value is -3.53. The normalized spacial score (nSPS) is 10.7. The van der Waals surface area contributed by atoms with Gasteiger partial charge in [-0.15, -0.1) is 0 Å². The Labute approximate surface area is 158 Å². The van der Waals surface area contributed by atoms with Gasteiger partial charge in [-0.25, -0.2) is 0 Å². The molecular formula is C23H20N2O2. The number of amides is 1. The van der Waals surface area contributed by atoms with Crippen LogP contribution in [0, 0.1) is 0 Å². The summed E-state index contributed by atoms with van der Waals surface area (Å²) in [5.41, 5.74) is 3.48. The second kappa shape index (κ2) is 7.38. The van der Waals surface area contributed by atoms with E-state index in [2.05, 4.69) is 4.98 Å². The number of nitrogens with one attached hydrogen (secondary N) is 1. The molecule has 0 atom stereocenters. The zero-order valence-corrected chi connectivity index (χ0v) is 15.1. The maximum absolute atomic E-state index is 13.5. The molecule has 0 saturated carbocycles. The van der Waals surface area contributed by atoms with Gasteiger partial charge in [-0.05, 0) is 35.9 Å². The highest BCUT2D eigenvalue weighted by Crippen LogP contribution is 2.27. The lowest BCUT2D eigenvalue weighted by atomic mass is 10.1. The van der Waals surface area contributed by atoms with Gasteiger partial charge < -0.3 is 14.6 Å². The van der Waals surface area contributed by atoms with E-state index in [1.165, 1.54) is 0 Å². The largest absolute Gasteiger partial charge is 0.497 e. The molecule has 0 aliphatic rings. The third-order valence-electron chi connectivity index (χ3n) is 4.62. The molecule has 27 heavy (non-hydrogen) atoms. The van der Waals surface area contributed by atoms with Crippen LogP contribution in [0.2, 0.25) is 0 Å². The van der Waals surface area contributed by atoms with Gasteiger partial charge in [-0.2, -0.15) is 0 Å². The van der Waals surface area contributed by atoms with Crippen LogP contribution in [0.15, 0.2) is 85.1 Å². The fraction of sp³-hybridized carbons (Fsp3) is 0.0870. The molecule has 0 fully saturated rings. The lowest BCUT2D eigenvalue weighted by Crippen LogP contribution is -2.30. The van der Waals surface area contributed by atoms with E-state index >= 15 is 0 Å². The van der Waals surface area contributed by atoms with Crippen molar-refractivity contribution in [3.05, 3.63) is 96.2 Å². The van der Waals surface area contributed by atoms with Gasteiger partial charge in [-0.3, -0.25) is 4.79 Å². The van der Waals surface area contributed by atoms with Gasteiger partial charge in [-0.1, -0.05) is 48.5 Å². The molecule has 1 aromatic heterocycles. The highest BCUT2D eigenvalue weighted by Gasteiger charge is 2.21. The lowest BCUT2D eigenvalue weighted by molar-refractivity contribution is 0.0987. The van der Waals surface area contributed by atoms with Crippen LogP contribution in [0.3, 0.4) is 0 Å². The second-order valence-electron chi connectivity index (χ2n) is 6.33. The van der Waals surface area contributed by atoms with E-state index < -0.39 is 0 Å². The van der Waals surface area contributed by atoms with Crippen molar-refractivity contribution in [2.24, 2.45) is 0 Å². The minimum absolute atomic E-state index is 0.0513. The Balaban J connectivity index is 1.77. The van der Waals surface area contributed by atoms with Crippen molar-refractivity contribution in [1.82, 2.24) is 4.98 Å². The van der Waals surface area contributed by atoms with Crippen LogP contribution in [0.1, 0.15) is 15.9 Å². The molecule has 0 unspecified atom stereocenters. The minimum atomic E-state index is -0.0513. The number of hydrogen-bond donors (Lipinski definition) is 1. The summed E-state index contributed by atoms with van der Waals surface area (Å²) < 4.78 is 5.33. The third kappa shape index (κ3) is 3.42. The van der Waals surface area contributed by atoms with Gasteiger partial charge in [0.15, 0.2) is 0 Å². The Kier molecular flexibility index (Phi) is 4.62. The first kappa shape index (κ1) is 16.9. The average molecular weight is 356 g/mol. The number of carbonyl (C=O) groups is 1. The van der Waals surface area contributed by atoms with Crippen molar-refractivity contribution >= 4 is 22.5 Å². The summed E-state index contributed by atoms with van der Waals surface area (Å²) in [4.78, 5) is 18.5. The number of para-hydroxylation sites is 1. The Morgan fingerprint density at radius 2 is 1.67 bits per heavy atom. The Morgan fingerprint density at radius 1 is 0.963 bits per heavy atom. The highest BCUT2D eigenvalue weighted by molar-refractivity contribution is 6.14. The minimum Gasteiger partial charge on any atom is -0.497 e. The molecule has 0 aliphatic carbocycles. The van der Waals surface area contributed by atoms with E-state index in [0.29, 0.717) is 12.1 Å². The number of hydrogen-bond acceptors (Lipinski definition) is 2. The maximum atomic E-state index is 13.5. The number of benzene rings is 3. The van der Waals surface area contributed by atoms with Crippen LogP contribution in [0.25, 0.3) is 10.9 Å². The van der Waals surface area contributed by atoms with Gasteiger partial charge in [0.25, 0.3) is 5.91 Å². The summed E-state index contributed by atoms with van der Waals surface area (Å²) in [5, 5.41) is 0.855. The zero-order chi connectivity index (χ0) is 18.6. The summed E-state index contributed by atoms with van der Waals surface area (Å²) in [6, 6.07) is 25.5. The number of H-pyrrole nitrogens is 1. The number of methoxy groups -OCH3 is 1. The van der Waals surface area contributed by atoms with Crippen LogP contribution in [-0.4, -0.2) is 18.0 Å². The monoisotopic (exact) mass is 356 g/mol. The first-order valence-electron chi connectivity index (χ1n) is 8.82. The molecule has 0 saturated heterocycles.